The minimum absolute atomic E-state index is 0.165. The molecule has 0 amide bonds. The molecule has 1 aliphatic rings. The SMILES string of the molecule is CN=C(NCCCc1c(C)noc1C)NC1CC(C)(C)Oc2ccccc21. The van der Waals surface area contributed by atoms with E-state index in [1.54, 1.807) is 7.05 Å². The van der Waals surface area contributed by atoms with E-state index in [-0.39, 0.29) is 11.6 Å². The first-order valence-electron chi connectivity index (χ1n) is 9.56. The fourth-order valence-electron chi connectivity index (χ4n) is 3.62. The zero-order valence-corrected chi connectivity index (χ0v) is 16.9. The molecule has 6 heteroatoms. The van der Waals surface area contributed by atoms with Crippen LogP contribution < -0.4 is 15.4 Å². The maximum absolute atomic E-state index is 6.11. The van der Waals surface area contributed by atoms with E-state index in [0.29, 0.717) is 0 Å². The quantitative estimate of drug-likeness (QED) is 0.477. The van der Waals surface area contributed by atoms with Gasteiger partial charge in [0.15, 0.2) is 5.96 Å². The molecule has 0 spiro atoms. The predicted molar refractivity (Wildman–Crippen MR) is 107 cm³/mol. The molecule has 2 heterocycles. The Kier molecular flexibility index (Phi) is 5.73. The van der Waals surface area contributed by atoms with Crippen LogP contribution in [0.3, 0.4) is 0 Å². The van der Waals surface area contributed by atoms with E-state index < -0.39 is 0 Å². The van der Waals surface area contributed by atoms with Crippen LogP contribution in [0.2, 0.25) is 0 Å². The minimum Gasteiger partial charge on any atom is -0.487 e. The number of para-hydroxylation sites is 1. The minimum atomic E-state index is -0.214. The van der Waals surface area contributed by atoms with E-state index in [4.69, 9.17) is 9.26 Å². The highest BCUT2D eigenvalue weighted by molar-refractivity contribution is 5.80. The van der Waals surface area contributed by atoms with E-state index in [1.165, 1.54) is 11.1 Å². The molecular formula is C21H30N4O2. The third-order valence-electron chi connectivity index (χ3n) is 4.99. The number of guanidine groups is 1. The maximum Gasteiger partial charge on any atom is 0.191 e. The fourth-order valence-corrected chi connectivity index (χ4v) is 3.62. The summed E-state index contributed by atoms with van der Waals surface area (Å²) >= 11 is 0. The molecule has 2 N–H and O–H groups in total. The summed E-state index contributed by atoms with van der Waals surface area (Å²) in [6.07, 6.45) is 2.81. The van der Waals surface area contributed by atoms with E-state index in [1.807, 2.05) is 26.0 Å². The molecule has 2 aromatic rings. The zero-order chi connectivity index (χ0) is 19.4. The summed E-state index contributed by atoms with van der Waals surface area (Å²) in [6, 6.07) is 8.38. The van der Waals surface area contributed by atoms with Crippen LogP contribution in [0.15, 0.2) is 33.8 Å². The Hall–Kier alpha value is -2.50. The molecule has 0 saturated heterocycles. The van der Waals surface area contributed by atoms with E-state index in [0.717, 1.165) is 49.0 Å². The van der Waals surface area contributed by atoms with Gasteiger partial charge in [0, 0.05) is 31.1 Å². The molecule has 27 heavy (non-hydrogen) atoms. The summed E-state index contributed by atoms with van der Waals surface area (Å²) in [6.45, 7) is 9.03. The van der Waals surface area contributed by atoms with Crippen molar-refractivity contribution in [1.82, 2.24) is 15.8 Å². The summed E-state index contributed by atoms with van der Waals surface area (Å²) in [5, 5.41) is 11.0. The van der Waals surface area contributed by atoms with Gasteiger partial charge >= 0.3 is 0 Å². The lowest BCUT2D eigenvalue weighted by molar-refractivity contribution is 0.0694. The third-order valence-corrected chi connectivity index (χ3v) is 4.99. The van der Waals surface area contributed by atoms with Gasteiger partial charge in [-0.15, -0.1) is 0 Å². The molecule has 1 aliphatic heterocycles. The molecule has 0 saturated carbocycles. The topological polar surface area (TPSA) is 71.7 Å². The number of nitrogens with one attached hydrogen (secondary N) is 2. The highest BCUT2D eigenvalue weighted by atomic mass is 16.5. The molecule has 146 valence electrons. The number of aryl methyl sites for hydroxylation is 2. The number of ether oxygens (including phenoxy) is 1. The van der Waals surface area contributed by atoms with E-state index >= 15 is 0 Å². The van der Waals surface area contributed by atoms with Crippen molar-refractivity contribution >= 4 is 5.96 Å². The van der Waals surface area contributed by atoms with Crippen LogP contribution in [0.5, 0.6) is 5.75 Å². The maximum atomic E-state index is 6.11. The van der Waals surface area contributed by atoms with Crippen LogP contribution in [-0.2, 0) is 6.42 Å². The lowest BCUT2D eigenvalue weighted by atomic mass is 9.90. The van der Waals surface area contributed by atoms with Crippen molar-refractivity contribution < 1.29 is 9.26 Å². The largest absolute Gasteiger partial charge is 0.487 e. The lowest BCUT2D eigenvalue weighted by Crippen LogP contribution is -2.45. The van der Waals surface area contributed by atoms with Gasteiger partial charge in [0.05, 0.1) is 11.7 Å². The molecular weight excluding hydrogens is 340 g/mol. The van der Waals surface area contributed by atoms with Crippen molar-refractivity contribution in [3.05, 3.63) is 46.8 Å². The lowest BCUT2D eigenvalue weighted by Gasteiger charge is -2.38. The van der Waals surface area contributed by atoms with Gasteiger partial charge in [-0.2, -0.15) is 0 Å². The number of benzene rings is 1. The number of hydrogen-bond donors (Lipinski definition) is 2. The highest BCUT2D eigenvalue weighted by Crippen LogP contribution is 2.39. The Bertz CT molecular complexity index is 791. The average molecular weight is 370 g/mol. The smallest absolute Gasteiger partial charge is 0.191 e. The van der Waals surface area contributed by atoms with Crippen LogP contribution >= 0.6 is 0 Å². The van der Waals surface area contributed by atoms with Crippen LogP contribution in [0.1, 0.15) is 55.3 Å². The Labute approximate surface area is 161 Å². The molecule has 1 aromatic carbocycles. The Balaban J connectivity index is 1.57. The normalized spacial score (nSPS) is 18.6. The van der Waals surface area contributed by atoms with Crippen molar-refractivity contribution in [2.24, 2.45) is 4.99 Å². The number of hydrogen-bond acceptors (Lipinski definition) is 4. The Morgan fingerprint density at radius 2 is 2.07 bits per heavy atom. The third kappa shape index (κ3) is 4.62. The number of aromatic nitrogens is 1. The van der Waals surface area contributed by atoms with Gasteiger partial charge in [-0.1, -0.05) is 23.4 Å². The fraction of sp³-hybridized carbons (Fsp3) is 0.524. The second-order valence-electron chi connectivity index (χ2n) is 7.71. The number of fused-ring (bicyclic) bond motifs is 1. The second kappa shape index (κ2) is 8.03. The molecule has 1 unspecified atom stereocenters. The van der Waals surface area contributed by atoms with Crippen LogP contribution in [0.25, 0.3) is 0 Å². The van der Waals surface area contributed by atoms with Crippen molar-refractivity contribution in [2.75, 3.05) is 13.6 Å². The molecule has 0 radical (unpaired) electrons. The molecule has 0 bridgehead atoms. The number of rotatable bonds is 5. The Morgan fingerprint density at radius 3 is 2.78 bits per heavy atom. The van der Waals surface area contributed by atoms with Gasteiger partial charge in [0.1, 0.15) is 17.1 Å². The van der Waals surface area contributed by atoms with Crippen LogP contribution in [0, 0.1) is 13.8 Å². The summed E-state index contributed by atoms with van der Waals surface area (Å²) in [5.41, 5.74) is 3.15. The summed E-state index contributed by atoms with van der Waals surface area (Å²) in [4.78, 5) is 4.40. The average Bonchev–Trinajstić information content (AvgIpc) is 2.94. The second-order valence-corrected chi connectivity index (χ2v) is 7.71. The predicted octanol–water partition coefficient (Wildman–Crippen LogP) is 3.69. The molecule has 1 aromatic heterocycles. The Morgan fingerprint density at radius 1 is 1.30 bits per heavy atom. The monoisotopic (exact) mass is 370 g/mol. The number of nitrogens with zero attached hydrogens (tertiary/aromatic N) is 2. The number of aliphatic imine (C=N–C) groups is 1. The van der Waals surface area contributed by atoms with E-state index in [2.05, 4.69) is 46.8 Å². The van der Waals surface area contributed by atoms with Gasteiger partial charge in [-0.05, 0) is 46.6 Å². The summed E-state index contributed by atoms with van der Waals surface area (Å²) < 4.78 is 11.3. The van der Waals surface area contributed by atoms with Crippen molar-refractivity contribution in [3.63, 3.8) is 0 Å². The van der Waals surface area contributed by atoms with Crippen molar-refractivity contribution in [1.29, 1.82) is 0 Å². The molecule has 1 atom stereocenters. The molecule has 0 aliphatic carbocycles. The first-order chi connectivity index (χ1) is 12.9. The first kappa shape index (κ1) is 19.3. The van der Waals surface area contributed by atoms with E-state index in [9.17, 15) is 0 Å². The molecule has 3 rings (SSSR count). The van der Waals surface area contributed by atoms with Gasteiger partial charge < -0.3 is 19.9 Å². The molecule has 0 fully saturated rings. The van der Waals surface area contributed by atoms with Crippen LogP contribution in [0.4, 0.5) is 0 Å². The van der Waals surface area contributed by atoms with Gasteiger partial charge in [-0.25, -0.2) is 0 Å². The van der Waals surface area contributed by atoms with Crippen molar-refractivity contribution in [3.8, 4) is 5.75 Å². The highest BCUT2D eigenvalue weighted by Gasteiger charge is 2.33. The summed E-state index contributed by atoms with van der Waals surface area (Å²) in [5.74, 6) is 2.67. The zero-order valence-electron chi connectivity index (χ0n) is 16.9. The molecule has 6 nitrogen and oxygen atoms in total. The van der Waals surface area contributed by atoms with Gasteiger partial charge in [0.2, 0.25) is 0 Å². The van der Waals surface area contributed by atoms with Gasteiger partial charge in [-0.3, -0.25) is 4.99 Å². The first-order valence-corrected chi connectivity index (χ1v) is 9.56. The van der Waals surface area contributed by atoms with Crippen molar-refractivity contribution in [2.45, 2.75) is 58.6 Å². The summed E-state index contributed by atoms with van der Waals surface area (Å²) in [7, 11) is 1.81. The van der Waals surface area contributed by atoms with Gasteiger partial charge in [0.25, 0.3) is 0 Å². The standard InChI is InChI=1S/C21H30N4O2/c1-14-16(15(2)27-25-14)10-8-12-23-20(22-5)24-18-13-21(3,4)26-19-11-7-6-9-17(18)19/h6-7,9,11,18H,8,10,12-13H2,1-5H3,(H2,22,23,24). The van der Waals surface area contributed by atoms with Crippen LogP contribution in [-0.4, -0.2) is 30.3 Å².